The lowest BCUT2D eigenvalue weighted by Gasteiger charge is -2.33. The van der Waals surface area contributed by atoms with E-state index in [1.54, 1.807) is 20.8 Å². The van der Waals surface area contributed by atoms with Gasteiger partial charge in [0.05, 0.1) is 0 Å². The van der Waals surface area contributed by atoms with Crippen LogP contribution >= 0.6 is 0 Å². The highest BCUT2D eigenvalue weighted by Crippen LogP contribution is 2.39. The number of rotatable bonds is 2. The number of hydrogen-bond donors (Lipinski definition) is 2. The molecule has 0 aliphatic carbocycles. The van der Waals surface area contributed by atoms with E-state index in [4.69, 9.17) is 0 Å². The minimum atomic E-state index is -4.81. The van der Waals surface area contributed by atoms with Crippen LogP contribution in [-0.2, 0) is 5.60 Å². The molecule has 0 aliphatic heterocycles. The zero-order valence-electron chi connectivity index (χ0n) is 12.2. The van der Waals surface area contributed by atoms with E-state index in [2.05, 4.69) is 0 Å². The molecule has 0 aromatic heterocycles. The normalized spacial score (nSPS) is 15.4. The van der Waals surface area contributed by atoms with Gasteiger partial charge in [0, 0.05) is 11.2 Å². The van der Waals surface area contributed by atoms with Crippen LogP contribution in [-0.4, -0.2) is 28.0 Å². The molecule has 118 valence electrons. The molecule has 1 atom stereocenters. The first-order chi connectivity index (χ1) is 9.28. The molecule has 21 heavy (non-hydrogen) atoms. The van der Waals surface area contributed by atoms with Crippen molar-refractivity contribution in [3.05, 3.63) is 29.8 Å². The summed E-state index contributed by atoms with van der Waals surface area (Å²) in [6, 6.07) is 4.64. The summed E-state index contributed by atoms with van der Waals surface area (Å²) in [7, 11) is 0. The van der Waals surface area contributed by atoms with Crippen LogP contribution in [0, 0.1) is 0 Å². The van der Waals surface area contributed by atoms with E-state index in [9.17, 15) is 28.2 Å². The Bertz CT molecular complexity index is 516. The Labute approximate surface area is 120 Å². The molecule has 0 radical (unpaired) electrons. The van der Waals surface area contributed by atoms with Gasteiger partial charge in [0.1, 0.15) is 0 Å². The average Bonchev–Trinajstić information content (AvgIpc) is 2.25. The van der Waals surface area contributed by atoms with E-state index in [0.717, 1.165) is 17.0 Å². The number of alkyl halides is 3. The maximum absolute atomic E-state index is 12.7. The minimum Gasteiger partial charge on any atom is -0.465 e. The average molecular weight is 305 g/mol. The Morgan fingerprint density at radius 3 is 1.76 bits per heavy atom. The number of hydrogen-bond acceptors (Lipinski definition) is 2. The fourth-order valence-corrected chi connectivity index (χ4v) is 1.88. The maximum Gasteiger partial charge on any atom is 0.421 e. The molecule has 1 rings (SSSR count). The summed E-state index contributed by atoms with van der Waals surface area (Å²) in [6.07, 6.45) is -6.02. The molecule has 0 heterocycles. The predicted octanol–water partition coefficient (Wildman–Crippen LogP) is 3.74. The van der Waals surface area contributed by atoms with Crippen LogP contribution < -0.4 is 4.90 Å². The van der Waals surface area contributed by atoms with Crippen molar-refractivity contribution in [2.45, 2.75) is 45.0 Å². The fraction of sp³-hybridized carbons (Fsp3) is 0.500. The third-order valence-corrected chi connectivity index (χ3v) is 3.10. The van der Waals surface area contributed by atoms with E-state index in [0.29, 0.717) is 6.92 Å². The van der Waals surface area contributed by atoms with Crippen molar-refractivity contribution < 1.29 is 28.2 Å². The molecule has 0 saturated heterocycles. The van der Waals surface area contributed by atoms with Crippen LogP contribution in [0.25, 0.3) is 0 Å². The highest BCUT2D eigenvalue weighted by atomic mass is 19.4. The highest BCUT2D eigenvalue weighted by molar-refractivity contribution is 5.87. The summed E-state index contributed by atoms with van der Waals surface area (Å²) in [4.78, 5) is 12.3. The van der Waals surface area contributed by atoms with Crippen LogP contribution in [0.4, 0.5) is 23.7 Å². The first-order valence-corrected chi connectivity index (χ1v) is 6.21. The van der Waals surface area contributed by atoms with Crippen molar-refractivity contribution in [2.24, 2.45) is 0 Å². The molecule has 0 saturated carbocycles. The lowest BCUT2D eigenvalue weighted by atomic mass is 9.94. The van der Waals surface area contributed by atoms with Gasteiger partial charge >= 0.3 is 12.3 Å². The molecular weight excluding hydrogens is 287 g/mol. The number of aliphatic hydroxyl groups is 1. The summed E-state index contributed by atoms with van der Waals surface area (Å²) in [5, 5.41) is 18.8. The molecular formula is C14H18F3NO3. The second-order valence-electron chi connectivity index (χ2n) is 5.91. The van der Waals surface area contributed by atoms with Gasteiger partial charge in [-0.3, -0.25) is 4.90 Å². The van der Waals surface area contributed by atoms with Gasteiger partial charge in [-0.1, -0.05) is 12.1 Å². The number of carbonyl (C=O) groups is 1. The topological polar surface area (TPSA) is 60.8 Å². The highest BCUT2D eigenvalue weighted by Gasteiger charge is 2.51. The lowest BCUT2D eigenvalue weighted by molar-refractivity contribution is -0.258. The number of amides is 1. The van der Waals surface area contributed by atoms with E-state index in [1.807, 2.05) is 0 Å². The molecule has 0 spiro atoms. The Morgan fingerprint density at radius 1 is 1.05 bits per heavy atom. The van der Waals surface area contributed by atoms with Crippen molar-refractivity contribution >= 4 is 11.8 Å². The zero-order valence-corrected chi connectivity index (χ0v) is 12.2. The number of anilines is 1. The van der Waals surface area contributed by atoms with Crippen LogP contribution in [0.15, 0.2) is 24.3 Å². The first kappa shape index (κ1) is 17.3. The summed E-state index contributed by atoms with van der Waals surface area (Å²) in [5.41, 5.74) is -3.85. The Morgan fingerprint density at radius 2 is 1.48 bits per heavy atom. The van der Waals surface area contributed by atoms with E-state index < -0.39 is 23.4 Å². The number of halogens is 3. The zero-order chi connectivity index (χ0) is 16.6. The predicted molar refractivity (Wildman–Crippen MR) is 72.3 cm³/mol. The van der Waals surface area contributed by atoms with Gasteiger partial charge in [-0.15, -0.1) is 0 Å². The summed E-state index contributed by atoms with van der Waals surface area (Å²) >= 11 is 0. The molecule has 1 amide bonds. The molecule has 4 nitrogen and oxygen atoms in total. The number of nitrogens with zero attached hydrogens (tertiary/aromatic N) is 1. The van der Waals surface area contributed by atoms with Crippen molar-refractivity contribution in [3.63, 3.8) is 0 Å². The van der Waals surface area contributed by atoms with Crippen LogP contribution in [0.2, 0.25) is 0 Å². The number of benzene rings is 1. The Kier molecular flexibility index (Phi) is 4.29. The van der Waals surface area contributed by atoms with Gasteiger partial charge in [-0.05, 0) is 45.4 Å². The van der Waals surface area contributed by atoms with E-state index in [1.165, 1.54) is 12.1 Å². The van der Waals surface area contributed by atoms with Crippen molar-refractivity contribution in [1.82, 2.24) is 0 Å². The van der Waals surface area contributed by atoms with E-state index in [-0.39, 0.29) is 11.3 Å². The van der Waals surface area contributed by atoms with Crippen molar-refractivity contribution in [1.29, 1.82) is 0 Å². The van der Waals surface area contributed by atoms with Gasteiger partial charge < -0.3 is 10.2 Å². The summed E-state index contributed by atoms with van der Waals surface area (Å²) in [6.45, 7) is 5.66. The third kappa shape index (κ3) is 3.47. The molecule has 1 aromatic carbocycles. The first-order valence-electron chi connectivity index (χ1n) is 6.21. The van der Waals surface area contributed by atoms with Crippen LogP contribution in [0.5, 0.6) is 0 Å². The van der Waals surface area contributed by atoms with Gasteiger partial charge in [0.25, 0.3) is 0 Å². The fourth-order valence-electron chi connectivity index (χ4n) is 1.88. The summed E-state index contributed by atoms with van der Waals surface area (Å²) < 4.78 is 38.2. The molecule has 0 aliphatic rings. The lowest BCUT2D eigenvalue weighted by Crippen LogP contribution is -2.45. The third-order valence-electron chi connectivity index (χ3n) is 3.10. The van der Waals surface area contributed by atoms with Crippen LogP contribution in [0.1, 0.15) is 33.3 Å². The molecule has 2 N–H and O–H groups in total. The van der Waals surface area contributed by atoms with E-state index >= 15 is 0 Å². The summed E-state index contributed by atoms with van der Waals surface area (Å²) in [5.74, 6) is 0. The van der Waals surface area contributed by atoms with Gasteiger partial charge in [-0.2, -0.15) is 13.2 Å². The van der Waals surface area contributed by atoms with Gasteiger partial charge in [0.2, 0.25) is 0 Å². The maximum atomic E-state index is 12.7. The van der Waals surface area contributed by atoms with Crippen molar-refractivity contribution in [3.8, 4) is 0 Å². The standard InChI is InChI=1S/C14H18F3NO3/c1-12(2,3)18(11(19)20)10-7-5-9(6-8-10)13(4,21)14(15,16)17/h5-8,21H,1-4H3,(H,19,20). The second-order valence-corrected chi connectivity index (χ2v) is 5.91. The second kappa shape index (κ2) is 5.22. The molecule has 1 aromatic rings. The molecule has 1 unspecified atom stereocenters. The minimum absolute atomic E-state index is 0.233. The molecule has 7 heteroatoms. The molecule has 0 fully saturated rings. The van der Waals surface area contributed by atoms with Crippen LogP contribution in [0.3, 0.4) is 0 Å². The Hall–Kier alpha value is -1.76. The number of carboxylic acid groups (broad SMARTS) is 1. The van der Waals surface area contributed by atoms with Crippen molar-refractivity contribution in [2.75, 3.05) is 4.90 Å². The smallest absolute Gasteiger partial charge is 0.421 e. The molecule has 0 bridgehead atoms. The van der Waals surface area contributed by atoms with Gasteiger partial charge in [-0.25, -0.2) is 4.79 Å². The monoisotopic (exact) mass is 305 g/mol. The largest absolute Gasteiger partial charge is 0.465 e. The Balaban J connectivity index is 3.22. The van der Waals surface area contributed by atoms with Gasteiger partial charge in [0.15, 0.2) is 5.60 Å². The SMILES string of the molecule is CC(C)(C)N(C(=O)O)c1ccc(C(C)(O)C(F)(F)F)cc1. The quantitative estimate of drug-likeness (QED) is 0.875.